The molecule has 1 saturated carbocycles. The summed E-state index contributed by atoms with van der Waals surface area (Å²) in [4.78, 5) is 13.9. The van der Waals surface area contributed by atoms with Crippen molar-refractivity contribution in [1.82, 2.24) is 9.62 Å². The van der Waals surface area contributed by atoms with Gasteiger partial charge >= 0.3 is 0 Å². The molecule has 144 valence electrons. The van der Waals surface area contributed by atoms with E-state index in [0.717, 1.165) is 24.8 Å². The average molecular weight is 380 g/mol. The summed E-state index contributed by atoms with van der Waals surface area (Å²) in [6.07, 6.45) is 5.30. The summed E-state index contributed by atoms with van der Waals surface area (Å²) in [5.41, 5.74) is 1.46. The number of nitrogens with zero attached hydrogens (tertiary/aromatic N) is 1. The predicted molar refractivity (Wildman–Crippen MR) is 103 cm³/mol. The fourth-order valence-corrected chi connectivity index (χ4v) is 5.37. The van der Waals surface area contributed by atoms with Crippen molar-refractivity contribution in [3.63, 3.8) is 0 Å². The Bertz CT molecular complexity index is 791. The minimum absolute atomic E-state index is 0.0226. The molecule has 0 aromatic heterocycles. The highest BCUT2D eigenvalue weighted by Crippen LogP contribution is 2.35. The molecule has 0 bridgehead atoms. The van der Waals surface area contributed by atoms with Crippen molar-refractivity contribution in [2.75, 3.05) is 26.0 Å². The van der Waals surface area contributed by atoms with Gasteiger partial charge in [-0.15, -0.1) is 0 Å². The summed E-state index contributed by atoms with van der Waals surface area (Å²) in [6, 6.07) is 4.94. The minimum atomic E-state index is -3.59. The number of carbonyl (C=O) groups excluding carboxylic acids is 1. The maximum Gasteiger partial charge on any atom is 0.240 e. The summed E-state index contributed by atoms with van der Waals surface area (Å²) in [5, 5.41) is 2.79. The molecule has 1 aliphatic heterocycles. The van der Waals surface area contributed by atoms with E-state index in [2.05, 4.69) is 21.9 Å². The highest BCUT2D eigenvalue weighted by molar-refractivity contribution is 7.89. The third-order valence-electron chi connectivity index (χ3n) is 5.89. The number of hydrogen-bond donors (Lipinski definition) is 2. The van der Waals surface area contributed by atoms with E-state index in [1.807, 2.05) is 14.1 Å². The van der Waals surface area contributed by atoms with Crippen LogP contribution in [0.4, 0.5) is 5.69 Å². The number of anilines is 1. The maximum absolute atomic E-state index is 12.9. The van der Waals surface area contributed by atoms with E-state index in [-0.39, 0.29) is 16.3 Å². The molecule has 1 amide bonds. The molecule has 1 heterocycles. The summed E-state index contributed by atoms with van der Waals surface area (Å²) < 4.78 is 28.6. The van der Waals surface area contributed by atoms with Gasteiger partial charge in [0.2, 0.25) is 15.9 Å². The van der Waals surface area contributed by atoms with Crippen molar-refractivity contribution in [3.8, 4) is 0 Å². The van der Waals surface area contributed by atoms with Gasteiger partial charge in [-0.25, -0.2) is 13.1 Å². The Morgan fingerprint density at radius 2 is 2.08 bits per heavy atom. The van der Waals surface area contributed by atoms with Crippen LogP contribution in [0.15, 0.2) is 23.1 Å². The number of likely N-dealkylation sites (N-methyl/N-ethyl adjacent to an activating group) is 1. The molecule has 3 rings (SSSR count). The number of carbonyl (C=O) groups is 1. The van der Waals surface area contributed by atoms with Crippen LogP contribution in [0.2, 0.25) is 0 Å². The topological polar surface area (TPSA) is 78.5 Å². The van der Waals surface area contributed by atoms with Gasteiger partial charge in [-0.2, -0.15) is 0 Å². The molecule has 0 saturated heterocycles. The molecule has 2 atom stereocenters. The number of nitrogens with one attached hydrogen (secondary N) is 2. The lowest BCUT2D eigenvalue weighted by molar-refractivity contribution is -0.116. The second-order valence-corrected chi connectivity index (χ2v) is 9.78. The number of hydrogen-bond acceptors (Lipinski definition) is 4. The van der Waals surface area contributed by atoms with Crippen molar-refractivity contribution >= 4 is 21.6 Å². The zero-order valence-corrected chi connectivity index (χ0v) is 16.7. The van der Waals surface area contributed by atoms with Crippen LogP contribution in [0.1, 0.15) is 44.6 Å². The number of benzene rings is 1. The molecule has 1 aromatic carbocycles. The summed E-state index contributed by atoms with van der Waals surface area (Å²) >= 11 is 0. The second-order valence-electron chi connectivity index (χ2n) is 8.01. The van der Waals surface area contributed by atoms with Crippen molar-refractivity contribution in [1.29, 1.82) is 0 Å². The van der Waals surface area contributed by atoms with Gasteiger partial charge in [-0.3, -0.25) is 4.79 Å². The van der Waals surface area contributed by atoms with Crippen molar-refractivity contribution < 1.29 is 13.2 Å². The molecule has 2 aliphatic rings. The molecule has 6 nitrogen and oxygen atoms in total. The standard InChI is InChI=1S/C19H29N3O3S/c1-14-5-4-10-19(12-14,22(2)3)13-20-26(24,25)16-7-8-17-15(11-16)6-9-18(23)21-17/h7-8,11,14,20H,4-6,9-10,12-13H2,1-3H3,(H,21,23)/t14-,19-/m1/s1. The van der Waals surface area contributed by atoms with Gasteiger partial charge < -0.3 is 10.2 Å². The van der Waals surface area contributed by atoms with E-state index >= 15 is 0 Å². The number of rotatable bonds is 5. The van der Waals surface area contributed by atoms with Crippen molar-refractivity contribution in [3.05, 3.63) is 23.8 Å². The molecule has 1 aromatic rings. The second kappa shape index (κ2) is 7.29. The fraction of sp³-hybridized carbons (Fsp3) is 0.632. The summed E-state index contributed by atoms with van der Waals surface area (Å²) in [7, 11) is 0.486. The Morgan fingerprint density at radius 1 is 1.31 bits per heavy atom. The quantitative estimate of drug-likeness (QED) is 0.823. The van der Waals surface area contributed by atoms with Gasteiger partial charge in [-0.05, 0) is 63.0 Å². The normalized spacial score (nSPS) is 26.5. The van der Waals surface area contributed by atoms with Gasteiger partial charge in [-0.1, -0.05) is 19.8 Å². The average Bonchev–Trinajstić information content (AvgIpc) is 2.59. The SMILES string of the molecule is C[C@@H]1CCC[C@@](CNS(=O)(=O)c2ccc3c(c2)CCC(=O)N3)(N(C)C)C1. The van der Waals surface area contributed by atoms with E-state index < -0.39 is 10.0 Å². The number of sulfonamides is 1. The van der Waals surface area contributed by atoms with Gasteiger partial charge in [0.05, 0.1) is 4.90 Å². The van der Waals surface area contributed by atoms with Crippen molar-refractivity contribution in [2.24, 2.45) is 5.92 Å². The number of aryl methyl sites for hydroxylation is 1. The van der Waals surface area contributed by atoms with Crippen molar-refractivity contribution in [2.45, 2.75) is 55.9 Å². The Balaban J connectivity index is 1.77. The van der Waals surface area contributed by atoms with E-state index in [0.29, 0.717) is 31.0 Å². The third-order valence-corrected chi connectivity index (χ3v) is 7.29. The van der Waals surface area contributed by atoms with Crippen LogP contribution in [0, 0.1) is 5.92 Å². The third kappa shape index (κ3) is 3.94. The monoisotopic (exact) mass is 379 g/mol. The van der Waals surface area contributed by atoms with Gasteiger partial charge in [0.15, 0.2) is 0 Å². The first-order chi connectivity index (χ1) is 12.2. The van der Waals surface area contributed by atoms with Crippen LogP contribution < -0.4 is 10.0 Å². The maximum atomic E-state index is 12.9. The molecule has 0 radical (unpaired) electrons. The van der Waals surface area contributed by atoms with Gasteiger partial charge in [0, 0.05) is 24.2 Å². The molecule has 7 heteroatoms. The molecular formula is C19H29N3O3S. The van der Waals surface area contributed by atoms with Crippen LogP contribution in [0.25, 0.3) is 0 Å². The largest absolute Gasteiger partial charge is 0.326 e. The van der Waals surface area contributed by atoms with E-state index in [1.165, 1.54) is 6.42 Å². The highest BCUT2D eigenvalue weighted by Gasteiger charge is 2.38. The zero-order chi connectivity index (χ0) is 18.9. The lowest BCUT2D eigenvalue weighted by atomic mass is 9.75. The number of fused-ring (bicyclic) bond motifs is 1. The first-order valence-electron chi connectivity index (χ1n) is 9.32. The smallest absolute Gasteiger partial charge is 0.240 e. The summed E-state index contributed by atoms with van der Waals surface area (Å²) in [6.45, 7) is 2.66. The lowest BCUT2D eigenvalue weighted by Crippen LogP contribution is -2.55. The molecule has 0 unspecified atom stereocenters. The predicted octanol–water partition coefficient (Wildman–Crippen LogP) is 2.36. The Labute approximate surface area is 156 Å². The Morgan fingerprint density at radius 3 is 2.77 bits per heavy atom. The molecule has 26 heavy (non-hydrogen) atoms. The van der Waals surface area contributed by atoms with E-state index in [9.17, 15) is 13.2 Å². The van der Waals surface area contributed by atoms with Crippen LogP contribution in [0.3, 0.4) is 0 Å². The van der Waals surface area contributed by atoms with Crippen LogP contribution in [-0.4, -0.2) is 45.4 Å². The molecule has 1 aliphatic carbocycles. The Kier molecular flexibility index (Phi) is 5.42. The van der Waals surface area contributed by atoms with Gasteiger partial charge in [0.1, 0.15) is 0 Å². The molecular weight excluding hydrogens is 350 g/mol. The first-order valence-corrected chi connectivity index (χ1v) is 10.8. The molecule has 1 fully saturated rings. The minimum Gasteiger partial charge on any atom is -0.326 e. The fourth-order valence-electron chi connectivity index (χ4n) is 4.20. The lowest BCUT2D eigenvalue weighted by Gasteiger charge is -2.45. The van der Waals surface area contributed by atoms with Crippen LogP contribution in [-0.2, 0) is 21.2 Å². The summed E-state index contributed by atoms with van der Waals surface area (Å²) in [5.74, 6) is 0.577. The molecule has 2 N–H and O–H groups in total. The highest BCUT2D eigenvalue weighted by atomic mass is 32.2. The number of amides is 1. The first kappa shape index (κ1) is 19.3. The Hall–Kier alpha value is -1.44. The van der Waals surface area contributed by atoms with Crippen LogP contribution >= 0.6 is 0 Å². The molecule has 0 spiro atoms. The van der Waals surface area contributed by atoms with E-state index in [4.69, 9.17) is 0 Å². The van der Waals surface area contributed by atoms with E-state index in [1.54, 1.807) is 18.2 Å². The zero-order valence-electron chi connectivity index (χ0n) is 15.8. The van der Waals surface area contributed by atoms with Crippen LogP contribution in [0.5, 0.6) is 0 Å². The van der Waals surface area contributed by atoms with Gasteiger partial charge in [0.25, 0.3) is 0 Å².